The third-order valence-electron chi connectivity index (χ3n) is 3.44. The molecule has 3 N–H and O–H groups in total. The molecule has 0 radical (unpaired) electrons. The summed E-state index contributed by atoms with van der Waals surface area (Å²) in [7, 11) is 0. The van der Waals surface area contributed by atoms with Gasteiger partial charge in [-0.3, -0.25) is 14.4 Å². The molecule has 1 aliphatic rings. The number of carboxylic acids is 1. The third-order valence-corrected chi connectivity index (χ3v) is 4.10. The van der Waals surface area contributed by atoms with Crippen LogP contribution in [0.3, 0.4) is 0 Å². The van der Waals surface area contributed by atoms with Gasteiger partial charge in [0.05, 0.1) is 17.2 Å². The molecule has 1 aromatic carbocycles. The average molecular weight is 385 g/mol. The summed E-state index contributed by atoms with van der Waals surface area (Å²) in [6.45, 7) is 1.85. The predicted molar refractivity (Wildman–Crippen MR) is 86.6 cm³/mol. The van der Waals surface area contributed by atoms with Crippen LogP contribution < -0.4 is 15.4 Å². The Kier molecular flexibility index (Phi) is 5.59. The highest BCUT2D eigenvalue weighted by Crippen LogP contribution is 2.33. The summed E-state index contributed by atoms with van der Waals surface area (Å²) < 4.78 is 5.76. The van der Waals surface area contributed by atoms with Crippen molar-refractivity contribution in [3.05, 3.63) is 22.2 Å². The van der Waals surface area contributed by atoms with E-state index in [1.54, 1.807) is 6.07 Å². The minimum Gasteiger partial charge on any atom is -0.482 e. The lowest BCUT2D eigenvalue weighted by Gasteiger charge is -2.19. The first-order chi connectivity index (χ1) is 10.9. The molecule has 1 heterocycles. The van der Waals surface area contributed by atoms with E-state index in [1.807, 2.05) is 6.92 Å². The first kappa shape index (κ1) is 17.3. The molecular formula is C15H17BrN2O5. The van der Waals surface area contributed by atoms with Gasteiger partial charge in [0.15, 0.2) is 6.61 Å². The van der Waals surface area contributed by atoms with Crippen molar-refractivity contribution in [2.45, 2.75) is 19.8 Å². The van der Waals surface area contributed by atoms with E-state index in [2.05, 4.69) is 26.6 Å². The number of rotatable bonds is 6. The molecule has 0 saturated heterocycles. The second kappa shape index (κ2) is 7.45. The van der Waals surface area contributed by atoms with Crippen LogP contribution in [0.5, 0.6) is 5.75 Å². The maximum Gasteiger partial charge on any atom is 0.308 e. The number of hydrogen-bond acceptors (Lipinski definition) is 4. The van der Waals surface area contributed by atoms with E-state index in [0.717, 1.165) is 6.42 Å². The number of aliphatic carboxylic acids is 1. The molecule has 23 heavy (non-hydrogen) atoms. The highest BCUT2D eigenvalue weighted by Gasteiger charge is 2.22. The molecule has 1 atom stereocenters. The van der Waals surface area contributed by atoms with Crippen molar-refractivity contribution in [3.8, 4) is 5.75 Å². The summed E-state index contributed by atoms with van der Waals surface area (Å²) in [4.78, 5) is 34.6. The van der Waals surface area contributed by atoms with E-state index in [0.29, 0.717) is 27.9 Å². The van der Waals surface area contributed by atoms with Crippen LogP contribution in [0, 0.1) is 5.92 Å². The number of amides is 2. The van der Waals surface area contributed by atoms with Gasteiger partial charge in [0, 0.05) is 11.0 Å². The van der Waals surface area contributed by atoms with Crippen LogP contribution in [-0.4, -0.2) is 36.0 Å². The largest absolute Gasteiger partial charge is 0.482 e. The van der Waals surface area contributed by atoms with Gasteiger partial charge in [0.25, 0.3) is 11.8 Å². The number of carboxylic acid groups (broad SMARTS) is 1. The molecule has 0 saturated carbocycles. The lowest BCUT2D eigenvalue weighted by Crippen LogP contribution is -2.33. The third kappa shape index (κ3) is 4.22. The highest BCUT2D eigenvalue weighted by atomic mass is 79.9. The van der Waals surface area contributed by atoms with Gasteiger partial charge in [0.1, 0.15) is 5.75 Å². The molecule has 2 amide bonds. The number of ether oxygens (including phenoxy) is 1. The van der Waals surface area contributed by atoms with Crippen LogP contribution >= 0.6 is 15.9 Å². The number of hydrogen-bond donors (Lipinski definition) is 3. The standard InChI is InChI=1S/C15H17BrN2O5/c1-2-3-8(15(21)22)6-17-14(20)9-4-12-11(5-10(9)16)18-13(19)7-23-12/h4-5,8H,2-3,6-7H2,1H3,(H,17,20)(H,18,19)(H,21,22). The average Bonchev–Trinajstić information content (AvgIpc) is 2.50. The number of halogens is 1. The number of nitrogens with one attached hydrogen (secondary N) is 2. The molecule has 1 aliphatic heterocycles. The summed E-state index contributed by atoms with van der Waals surface area (Å²) in [6, 6.07) is 3.10. The number of benzene rings is 1. The Morgan fingerprint density at radius 2 is 2.22 bits per heavy atom. The van der Waals surface area contributed by atoms with E-state index in [4.69, 9.17) is 9.84 Å². The molecule has 0 bridgehead atoms. The normalized spacial score (nSPS) is 14.3. The first-order valence-electron chi connectivity index (χ1n) is 7.19. The fourth-order valence-electron chi connectivity index (χ4n) is 2.25. The molecular weight excluding hydrogens is 368 g/mol. The summed E-state index contributed by atoms with van der Waals surface area (Å²) in [5.74, 6) is -1.80. The molecule has 7 nitrogen and oxygen atoms in total. The molecule has 0 aromatic heterocycles. The van der Waals surface area contributed by atoms with E-state index < -0.39 is 17.8 Å². The minimum atomic E-state index is -0.928. The van der Waals surface area contributed by atoms with Gasteiger partial charge in [0.2, 0.25) is 0 Å². The summed E-state index contributed by atoms with van der Waals surface area (Å²) in [5.41, 5.74) is 0.805. The van der Waals surface area contributed by atoms with Gasteiger partial charge < -0.3 is 20.5 Å². The van der Waals surface area contributed by atoms with Gasteiger partial charge >= 0.3 is 5.97 Å². The van der Waals surface area contributed by atoms with Crippen molar-refractivity contribution in [2.75, 3.05) is 18.5 Å². The molecule has 0 fully saturated rings. The second-order valence-electron chi connectivity index (χ2n) is 5.20. The SMILES string of the molecule is CCCC(CNC(=O)c1cc2c(cc1Br)NC(=O)CO2)C(=O)O. The van der Waals surface area contributed by atoms with Crippen LogP contribution in [-0.2, 0) is 9.59 Å². The van der Waals surface area contributed by atoms with Crippen LogP contribution in [0.15, 0.2) is 16.6 Å². The lowest BCUT2D eigenvalue weighted by molar-refractivity contribution is -0.141. The Labute approximate surface area is 141 Å². The van der Waals surface area contributed by atoms with Crippen molar-refractivity contribution in [2.24, 2.45) is 5.92 Å². The smallest absolute Gasteiger partial charge is 0.308 e. The number of anilines is 1. The Morgan fingerprint density at radius 3 is 2.87 bits per heavy atom. The van der Waals surface area contributed by atoms with Crippen LogP contribution in [0.25, 0.3) is 0 Å². The summed E-state index contributed by atoms with van der Waals surface area (Å²) >= 11 is 3.28. The Bertz CT molecular complexity index is 647. The molecule has 1 unspecified atom stereocenters. The van der Waals surface area contributed by atoms with Crippen molar-refractivity contribution in [1.82, 2.24) is 5.32 Å². The monoisotopic (exact) mass is 384 g/mol. The topological polar surface area (TPSA) is 105 Å². The van der Waals surface area contributed by atoms with Gasteiger partial charge in [-0.15, -0.1) is 0 Å². The van der Waals surface area contributed by atoms with Crippen LogP contribution in [0.2, 0.25) is 0 Å². The fraction of sp³-hybridized carbons (Fsp3) is 0.400. The van der Waals surface area contributed by atoms with Gasteiger partial charge in [-0.2, -0.15) is 0 Å². The van der Waals surface area contributed by atoms with Crippen molar-refractivity contribution >= 4 is 39.4 Å². The number of fused-ring (bicyclic) bond motifs is 1. The zero-order valence-corrected chi connectivity index (χ0v) is 14.1. The summed E-state index contributed by atoms with van der Waals surface area (Å²) in [5, 5.41) is 14.4. The number of carbonyl (C=O) groups excluding carboxylic acids is 2. The van der Waals surface area contributed by atoms with Crippen LogP contribution in [0.4, 0.5) is 5.69 Å². The zero-order chi connectivity index (χ0) is 17.0. The fourth-order valence-corrected chi connectivity index (χ4v) is 2.77. The van der Waals surface area contributed by atoms with Crippen molar-refractivity contribution in [1.29, 1.82) is 0 Å². The van der Waals surface area contributed by atoms with Crippen LogP contribution in [0.1, 0.15) is 30.1 Å². The first-order valence-corrected chi connectivity index (χ1v) is 7.98. The quantitative estimate of drug-likeness (QED) is 0.695. The maximum absolute atomic E-state index is 12.3. The van der Waals surface area contributed by atoms with Gasteiger partial charge in [-0.05, 0) is 34.5 Å². The lowest BCUT2D eigenvalue weighted by atomic mass is 10.0. The van der Waals surface area contributed by atoms with Crippen molar-refractivity contribution in [3.63, 3.8) is 0 Å². The molecule has 2 rings (SSSR count). The molecule has 124 valence electrons. The summed E-state index contributed by atoms with van der Waals surface area (Å²) in [6.07, 6.45) is 1.22. The Hall–Kier alpha value is -2.09. The predicted octanol–water partition coefficient (Wildman–Crippen LogP) is 2.01. The van der Waals surface area contributed by atoms with E-state index in [-0.39, 0.29) is 19.1 Å². The Balaban J connectivity index is 2.10. The van der Waals surface area contributed by atoms with Crippen molar-refractivity contribution < 1.29 is 24.2 Å². The Morgan fingerprint density at radius 1 is 1.48 bits per heavy atom. The van der Waals surface area contributed by atoms with E-state index >= 15 is 0 Å². The van der Waals surface area contributed by atoms with Gasteiger partial charge in [-0.25, -0.2) is 0 Å². The molecule has 0 spiro atoms. The minimum absolute atomic E-state index is 0.0587. The zero-order valence-electron chi connectivity index (χ0n) is 12.5. The van der Waals surface area contributed by atoms with E-state index in [1.165, 1.54) is 6.07 Å². The number of carbonyl (C=O) groups is 3. The molecule has 1 aromatic rings. The molecule has 8 heteroatoms. The van der Waals surface area contributed by atoms with Gasteiger partial charge in [-0.1, -0.05) is 13.3 Å². The maximum atomic E-state index is 12.3. The molecule has 0 aliphatic carbocycles. The van der Waals surface area contributed by atoms with E-state index in [9.17, 15) is 14.4 Å². The highest BCUT2D eigenvalue weighted by molar-refractivity contribution is 9.10. The second-order valence-corrected chi connectivity index (χ2v) is 6.05.